The SMILES string of the molecule is COc1ccc(OC)c(C(c2ccccc2C)N2CCNCC2)c1. The highest BCUT2D eigenvalue weighted by Gasteiger charge is 2.27. The van der Waals surface area contributed by atoms with E-state index >= 15 is 0 Å². The van der Waals surface area contributed by atoms with Gasteiger partial charge in [0.1, 0.15) is 11.5 Å². The van der Waals surface area contributed by atoms with Crippen LogP contribution in [0.4, 0.5) is 0 Å². The van der Waals surface area contributed by atoms with Crippen LogP contribution in [0, 0.1) is 6.92 Å². The smallest absolute Gasteiger partial charge is 0.124 e. The van der Waals surface area contributed by atoms with Crippen molar-refractivity contribution in [2.24, 2.45) is 0 Å². The first-order chi connectivity index (χ1) is 11.7. The molecular formula is C20H26N2O2. The summed E-state index contributed by atoms with van der Waals surface area (Å²) >= 11 is 0. The van der Waals surface area contributed by atoms with Crippen LogP contribution in [-0.2, 0) is 0 Å². The summed E-state index contributed by atoms with van der Waals surface area (Å²) in [5, 5.41) is 3.44. The quantitative estimate of drug-likeness (QED) is 0.916. The van der Waals surface area contributed by atoms with Crippen LogP contribution in [0.1, 0.15) is 22.7 Å². The van der Waals surface area contributed by atoms with Crippen molar-refractivity contribution in [3.05, 3.63) is 59.2 Å². The fourth-order valence-corrected chi connectivity index (χ4v) is 3.45. The summed E-state index contributed by atoms with van der Waals surface area (Å²) in [7, 11) is 3.44. The molecular weight excluding hydrogens is 300 g/mol. The Bertz CT molecular complexity index is 681. The zero-order valence-corrected chi connectivity index (χ0v) is 14.7. The van der Waals surface area contributed by atoms with E-state index in [0.717, 1.165) is 43.2 Å². The highest BCUT2D eigenvalue weighted by Crippen LogP contribution is 2.38. The Morgan fingerprint density at radius 2 is 1.71 bits per heavy atom. The van der Waals surface area contributed by atoms with Crippen molar-refractivity contribution in [2.45, 2.75) is 13.0 Å². The van der Waals surface area contributed by atoms with Crippen molar-refractivity contribution in [1.29, 1.82) is 0 Å². The Balaban J connectivity index is 2.12. The first kappa shape index (κ1) is 16.8. The lowest BCUT2D eigenvalue weighted by atomic mass is 9.92. The number of rotatable bonds is 5. The number of nitrogens with zero attached hydrogens (tertiary/aromatic N) is 1. The van der Waals surface area contributed by atoms with Gasteiger partial charge in [-0.15, -0.1) is 0 Å². The molecule has 2 aromatic rings. The molecule has 1 N–H and O–H groups in total. The minimum Gasteiger partial charge on any atom is -0.497 e. The molecule has 1 saturated heterocycles. The van der Waals surface area contributed by atoms with Gasteiger partial charge in [-0.1, -0.05) is 24.3 Å². The monoisotopic (exact) mass is 326 g/mol. The van der Waals surface area contributed by atoms with E-state index in [1.165, 1.54) is 11.1 Å². The molecule has 1 aliphatic rings. The topological polar surface area (TPSA) is 33.7 Å². The molecule has 0 radical (unpaired) electrons. The molecule has 0 aromatic heterocycles. The molecule has 0 spiro atoms. The van der Waals surface area contributed by atoms with Crippen LogP contribution in [0.3, 0.4) is 0 Å². The lowest BCUT2D eigenvalue weighted by Gasteiger charge is -2.37. The molecule has 1 aliphatic heterocycles. The van der Waals surface area contributed by atoms with Gasteiger partial charge in [-0.3, -0.25) is 4.90 Å². The molecule has 0 aliphatic carbocycles. The van der Waals surface area contributed by atoms with Gasteiger partial charge in [0.15, 0.2) is 0 Å². The molecule has 3 rings (SSSR count). The van der Waals surface area contributed by atoms with Crippen LogP contribution >= 0.6 is 0 Å². The highest BCUT2D eigenvalue weighted by atomic mass is 16.5. The molecule has 24 heavy (non-hydrogen) atoms. The summed E-state index contributed by atoms with van der Waals surface area (Å²) in [5.74, 6) is 1.77. The number of benzene rings is 2. The van der Waals surface area contributed by atoms with E-state index in [4.69, 9.17) is 9.47 Å². The van der Waals surface area contributed by atoms with Crippen molar-refractivity contribution in [3.8, 4) is 11.5 Å². The third kappa shape index (κ3) is 3.40. The first-order valence-corrected chi connectivity index (χ1v) is 8.47. The second-order valence-electron chi connectivity index (χ2n) is 6.15. The Labute approximate surface area is 144 Å². The summed E-state index contributed by atoms with van der Waals surface area (Å²) < 4.78 is 11.2. The van der Waals surface area contributed by atoms with E-state index in [-0.39, 0.29) is 6.04 Å². The van der Waals surface area contributed by atoms with Crippen LogP contribution in [0.25, 0.3) is 0 Å². The van der Waals surface area contributed by atoms with Crippen LogP contribution in [0.5, 0.6) is 11.5 Å². The fraction of sp³-hybridized carbons (Fsp3) is 0.400. The lowest BCUT2D eigenvalue weighted by molar-refractivity contribution is 0.194. The summed E-state index contributed by atoms with van der Waals surface area (Å²) in [4.78, 5) is 2.52. The summed E-state index contributed by atoms with van der Waals surface area (Å²) in [6, 6.07) is 14.8. The van der Waals surface area contributed by atoms with E-state index in [1.54, 1.807) is 14.2 Å². The second kappa shape index (κ2) is 7.69. The number of hydrogen-bond acceptors (Lipinski definition) is 4. The van der Waals surface area contributed by atoms with Gasteiger partial charge >= 0.3 is 0 Å². The predicted molar refractivity (Wildman–Crippen MR) is 97.0 cm³/mol. The standard InChI is InChI=1S/C20H26N2O2/c1-15-6-4-5-7-17(15)20(22-12-10-21-11-13-22)18-14-16(23-2)8-9-19(18)24-3/h4-9,14,20-21H,10-13H2,1-3H3. The molecule has 1 fully saturated rings. The molecule has 1 unspecified atom stereocenters. The lowest BCUT2D eigenvalue weighted by Crippen LogP contribution is -2.45. The molecule has 0 saturated carbocycles. The zero-order valence-electron chi connectivity index (χ0n) is 14.7. The maximum atomic E-state index is 5.68. The van der Waals surface area contributed by atoms with Gasteiger partial charge in [0.25, 0.3) is 0 Å². The van der Waals surface area contributed by atoms with Gasteiger partial charge in [-0.2, -0.15) is 0 Å². The molecule has 1 atom stereocenters. The third-order valence-corrected chi connectivity index (χ3v) is 4.73. The highest BCUT2D eigenvalue weighted by molar-refractivity contribution is 5.47. The molecule has 1 heterocycles. The average Bonchev–Trinajstić information content (AvgIpc) is 2.64. The number of aryl methyl sites for hydroxylation is 1. The van der Waals surface area contributed by atoms with Crippen molar-refractivity contribution in [2.75, 3.05) is 40.4 Å². The van der Waals surface area contributed by atoms with Gasteiger partial charge < -0.3 is 14.8 Å². The van der Waals surface area contributed by atoms with Gasteiger partial charge in [-0.25, -0.2) is 0 Å². The summed E-state index contributed by atoms with van der Waals surface area (Å²) in [5.41, 5.74) is 3.78. The second-order valence-corrected chi connectivity index (χ2v) is 6.15. The van der Waals surface area contributed by atoms with Crippen LogP contribution in [-0.4, -0.2) is 45.3 Å². The normalized spacial score (nSPS) is 16.6. The fourth-order valence-electron chi connectivity index (χ4n) is 3.45. The van der Waals surface area contributed by atoms with Crippen molar-refractivity contribution < 1.29 is 9.47 Å². The molecule has 0 bridgehead atoms. The Morgan fingerprint density at radius 3 is 2.38 bits per heavy atom. The Morgan fingerprint density at radius 1 is 0.958 bits per heavy atom. The molecule has 0 amide bonds. The molecule has 4 heteroatoms. The Hall–Kier alpha value is -2.04. The Kier molecular flexibility index (Phi) is 5.38. The van der Waals surface area contributed by atoms with Gasteiger partial charge in [0, 0.05) is 31.7 Å². The van der Waals surface area contributed by atoms with E-state index in [0.29, 0.717) is 0 Å². The molecule has 4 nitrogen and oxygen atoms in total. The number of hydrogen-bond donors (Lipinski definition) is 1. The summed E-state index contributed by atoms with van der Waals surface area (Å²) in [6.07, 6.45) is 0. The van der Waals surface area contributed by atoms with E-state index in [1.807, 2.05) is 12.1 Å². The van der Waals surface area contributed by atoms with Gasteiger partial charge in [-0.05, 0) is 36.2 Å². The maximum Gasteiger partial charge on any atom is 0.124 e. The molecule has 128 valence electrons. The van der Waals surface area contributed by atoms with E-state index < -0.39 is 0 Å². The van der Waals surface area contributed by atoms with Gasteiger partial charge in [0.05, 0.1) is 20.3 Å². The van der Waals surface area contributed by atoms with Crippen LogP contribution in [0.2, 0.25) is 0 Å². The zero-order chi connectivity index (χ0) is 16.9. The predicted octanol–water partition coefficient (Wildman–Crippen LogP) is 3.01. The summed E-state index contributed by atoms with van der Waals surface area (Å²) in [6.45, 7) is 6.22. The van der Waals surface area contributed by atoms with E-state index in [2.05, 4.69) is 47.5 Å². The number of methoxy groups -OCH3 is 2. The van der Waals surface area contributed by atoms with Crippen LogP contribution < -0.4 is 14.8 Å². The van der Waals surface area contributed by atoms with Crippen molar-refractivity contribution in [1.82, 2.24) is 10.2 Å². The van der Waals surface area contributed by atoms with Crippen LogP contribution in [0.15, 0.2) is 42.5 Å². The number of nitrogens with one attached hydrogen (secondary N) is 1. The number of piperazine rings is 1. The van der Waals surface area contributed by atoms with Gasteiger partial charge in [0.2, 0.25) is 0 Å². The minimum atomic E-state index is 0.165. The number of ether oxygens (including phenoxy) is 2. The van der Waals surface area contributed by atoms with Crippen molar-refractivity contribution in [3.63, 3.8) is 0 Å². The van der Waals surface area contributed by atoms with Crippen molar-refractivity contribution >= 4 is 0 Å². The first-order valence-electron chi connectivity index (χ1n) is 8.47. The minimum absolute atomic E-state index is 0.165. The average molecular weight is 326 g/mol. The molecule has 2 aromatic carbocycles. The third-order valence-electron chi connectivity index (χ3n) is 4.73. The largest absolute Gasteiger partial charge is 0.497 e. The van der Waals surface area contributed by atoms with E-state index in [9.17, 15) is 0 Å². The maximum absolute atomic E-state index is 5.68.